The predicted molar refractivity (Wildman–Crippen MR) is 68.0 cm³/mol. The molecule has 0 spiro atoms. The van der Waals surface area contributed by atoms with E-state index in [0.717, 1.165) is 23.6 Å². The maximum absolute atomic E-state index is 5.89. The molecule has 1 aromatic carbocycles. The van der Waals surface area contributed by atoms with Crippen LogP contribution in [0.4, 0.5) is 0 Å². The molecule has 88 valence electrons. The average Bonchev–Trinajstić information content (AvgIpc) is 2.40. The van der Waals surface area contributed by atoms with Crippen molar-refractivity contribution < 1.29 is 4.74 Å². The Morgan fingerprint density at radius 1 is 1.12 bits per heavy atom. The lowest BCUT2D eigenvalue weighted by Crippen LogP contribution is -2.10. The SMILES string of the molecule is CC[C@@H](N)c1ccc(Oc2ccccc2)cn1. The summed E-state index contributed by atoms with van der Waals surface area (Å²) in [5.41, 5.74) is 6.79. The van der Waals surface area contributed by atoms with Gasteiger partial charge in [0.15, 0.2) is 0 Å². The standard InChI is InChI=1S/C14H16N2O/c1-2-13(15)14-9-8-12(10-16-14)17-11-6-4-3-5-7-11/h3-10,13H,2,15H2,1H3/t13-/m1/s1. The zero-order valence-corrected chi connectivity index (χ0v) is 9.84. The third-order valence-electron chi connectivity index (χ3n) is 2.56. The highest BCUT2D eigenvalue weighted by Crippen LogP contribution is 2.21. The van der Waals surface area contributed by atoms with Crippen LogP contribution < -0.4 is 10.5 Å². The molecule has 0 aliphatic heterocycles. The van der Waals surface area contributed by atoms with Gasteiger partial charge in [-0.05, 0) is 30.7 Å². The van der Waals surface area contributed by atoms with Crippen LogP contribution in [0.25, 0.3) is 0 Å². The van der Waals surface area contributed by atoms with Crippen LogP contribution in [0.5, 0.6) is 11.5 Å². The van der Waals surface area contributed by atoms with Crippen LogP contribution in [-0.4, -0.2) is 4.98 Å². The topological polar surface area (TPSA) is 48.1 Å². The third-order valence-corrected chi connectivity index (χ3v) is 2.56. The summed E-state index contributed by atoms with van der Waals surface area (Å²) in [7, 11) is 0. The minimum absolute atomic E-state index is 0.000718. The second-order valence-electron chi connectivity index (χ2n) is 3.85. The number of benzene rings is 1. The molecule has 3 nitrogen and oxygen atoms in total. The van der Waals surface area contributed by atoms with Crippen LogP contribution in [0.2, 0.25) is 0 Å². The van der Waals surface area contributed by atoms with E-state index < -0.39 is 0 Å². The second kappa shape index (κ2) is 5.46. The number of para-hydroxylation sites is 1. The lowest BCUT2D eigenvalue weighted by Gasteiger charge is -2.09. The molecule has 0 saturated carbocycles. The summed E-state index contributed by atoms with van der Waals surface area (Å²) < 4.78 is 5.64. The Bertz CT molecular complexity index is 453. The summed E-state index contributed by atoms with van der Waals surface area (Å²) in [6.45, 7) is 2.04. The first-order valence-electron chi connectivity index (χ1n) is 5.74. The van der Waals surface area contributed by atoms with Gasteiger partial charge in [-0.15, -0.1) is 0 Å². The number of pyridine rings is 1. The molecule has 0 radical (unpaired) electrons. The van der Waals surface area contributed by atoms with Gasteiger partial charge >= 0.3 is 0 Å². The molecule has 1 heterocycles. The molecule has 0 saturated heterocycles. The zero-order valence-electron chi connectivity index (χ0n) is 9.84. The number of rotatable bonds is 4. The normalized spacial score (nSPS) is 12.1. The molecule has 0 fully saturated rings. The highest BCUT2D eigenvalue weighted by Gasteiger charge is 2.04. The first-order valence-corrected chi connectivity index (χ1v) is 5.74. The Kier molecular flexibility index (Phi) is 3.73. The smallest absolute Gasteiger partial charge is 0.145 e. The van der Waals surface area contributed by atoms with Crippen LogP contribution in [0, 0.1) is 0 Å². The fourth-order valence-corrected chi connectivity index (χ4v) is 1.51. The van der Waals surface area contributed by atoms with Crippen molar-refractivity contribution in [1.29, 1.82) is 0 Å². The second-order valence-corrected chi connectivity index (χ2v) is 3.85. The minimum atomic E-state index is 0.000718. The quantitative estimate of drug-likeness (QED) is 0.873. The van der Waals surface area contributed by atoms with Gasteiger partial charge in [-0.2, -0.15) is 0 Å². The molecule has 2 rings (SSSR count). The molecular weight excluding hydrogens is 212 g/mol. The number of aromatic nitrogens is 1. The van der Waals surface area contributed by atoms with E-state index in [1.807, 2.05) is 49.4 Å². The lowest BCUT2D eigenvalue weighted by molar-refractivity contribution is 0.479. The summed E-state index contributed by atoms with van der Waals surface area (Å²) in [5, 5.41) is 0. The van der Waals surface area contributed by atoms with Crippen molar-refractivity contribution in [2.24, 2.45) is 5.73 Å². The Labute approximate surface area is 101 Å². The van der Waals surface area contributed by atoms with Crippen molar-refractivity contribution in [2.75, 3.05) is 0 Å². The van der Waals surface area contributed by atoms with Crippen LogP contribution in [0.1, 0.15) is 25.1 Å². The van der Waals surface area contributed by atoms with E-state index in [1.165, 1.54) is 0 Å². The van der Waals surface area contributed by atoms with Gasteiger partial charge in [-0.25, -0.2) is 0 Å². The third kappa shape index (κ3) is 3.04. The Morgan fingerprint density at radius 2 is 1.88 bits per heavy atom. The minimum Gasteiger partial charge on any atom is -0.456 e. The molecule has 0 amide bonds. The van der Waals surface area contributed by atoms with Gasteiger partial charge in [0.2, 0.25) is 0 Å². The predicted octanol–water partition coefficient (Wildman–Crippen LogP) is 3.28. The largest absolute Gasteiger partial charge is 0.456 e. The highest BCUT2D eigenvalue weighted by atomic mass is 16.5. The summed E-state index contributed by atoms with van der Waals surface area (Å²) >= 11 is 0. The molecule has 3 heteroatoms. The van der Waals surface area contributed by atoms with Gasteiger partial charge in [0.25, 0.3) is 0 Å². The van der Waals surface area contributed by atoms with Gasteiger partial charge in [0, 0.05) is 6.04 Å². The molecule has 0 bridgehead atoms. The van der Waals surface area contributed by atoms with E-state index in [1.54, 1.807) is 6.20 Å². The van der Waals surface area contributed by atoms with Crippen molar-refractivity contribution in [3.05, 3.63) is 54.4 Å². The highest BCUT2D eigenvalue weighted by molar-refractivity contribution is 5.29. The van der Waals surface area contributed by atoms with E-state index in [0.29, 0.717) is 0 Å². The Morgan fingerprint density at radius 3 is 2.47 bits per heavy atom. The van der Waals surface area contributed by atoms with Gasteiger partial charge in [-0.1, -0.05) is 25.1 Å². The molecule has 0 unspecified atom stereocenters. The summed E-state index contributed by atoms with van der Waals surface area (Å²) in [6.07, 6.45) is 2.59. The number of hydrogen-bond donors (Lipinski definition) is 1. The fraction of sp³-hybridized carbons (Fsp3) is 0.214. The lowest BCUT2D eigenvalue weighted by atomic mass is 10.1. The molecule has 1 aromatic heterocycles. The van der Waals surface area contributed by atoms with Crippen molar-refractivity contribution in [3.8, 4) is 11.5 Å². The molecule has 17 heavy (non-hydrogen) atoms. The summed E-state index contributed by atoms with van der Waals surface area (Å²) in [4.78, 5) is 4.30. The molecule has 2 N–H and O–H groups in total. The van der Waals surface area contributed by atoms with Gasteiger partial charge in [0.05, 0.1) is 11.9 Å². The Balaban J connectivity index is 2.08. The van der Waals surface area contributed by atoms with Crippen LogP contribution in [0.3, 0.4) is 0 Å². The number of nitrogens with two attached hydrogens (primary N) is 1. The monoisotopic (exact) mass is 228 g/mol. The van der Waals surface area contributed by atoms with Crippen LogP contribution in [0.15, 0.2) is 48.7 Å². The zero-order chi connectivity index (χ0) is 12.1. The molecule has 0 aliphatic rings. The number of ether oxygens (including phenoxy) is 1. The van der Waals surface area contributed by atoms with E-state index in [-0.39, 0.29) is 6.04 Å². The van der Waals surface area contributed by atoms with E-state index in [9.17, 15) is 0 Å². The first-order chi connectivity index (χ1) is 8.29. The summed E-state index contributed by atoms with van der Waals surface area (Å²) in [6, 6.07) is 13.4. The number of hydrogen-bond acceptors (Lipinski definition) is 3. The van der Waals surface area contributed by atoms with Crippen molar-refractivity contribution in [1.82, 2.24) is 4.98 Å². The maximum atomic E-state index is 5.89. The van der Waals surface area contributed by atoms with Crippen molar-refractivity contribution in [3.63, 3.8) is 0 Å². The molecular formula is C14H16N2O. The molecule has 1 atom stereocenters. The fourth-order valence-electron chi connectivity index (χ4n) is 1.51. The van der Waals surface area contributed by atoms with Crippen LogP contribution >= 0.6 is 0 Å². The van der Waals surface area contributed by atoms with Crippen LogP contribution in [-0.2, 0) is 0 Å². The first kappa shape index (κ1) is 11.6. The maximum Gasteiger partial charge on any atom is 0.145 e. The Hall–Kier alpha value is -1.87. The van der Waals surface area contributed by atoms with Crippen molar-refractivity contribution in [2.45, 2.75) is 19.4 Å². The molecule has 0 aliphatic carbocycles. The van der Waals surface area contributed by atoms with E-state index in [4.69, 9.17) is 10.5 Å². The van der Waals surface area contributed by atoms with Crippen molar-refractivity contribution >= 4 is 0 Å². The van der Waals surface area contributed by atoms with E-state index in [2.05, 4.69) is 4.98 Å². The summed E-state index contributed by atoms with van der Waals surface area (Å²) in [5.74, 6) is 1.53. The average molecular weight is 228 g/mol. The van der Waals surface area contributed by atoms with Gasteiger partial charge in [0.1, 0.15) is 11.5 Å². The van der Waals surface area contributed by atoms with Gasteiger partial charge < -0.3 is 10.5 Å². The van der Waals surface area contributed by atoms with Gasteiger partial charge in [-0.3, -0.25) is 4.98 Å². The molecule has 2 aromatic rings. The van der Waals surface area contributed by atoms with E-state index >= 15 is 0 Å². The number of nitrogens with zero attached hydrogens (tertiary/aromatic N) is 1.